The van der Waals surface area contributed by atoms with Gasteiger partial charge in [-0.3, -0.25) is 0 Å². The van der Waals surface area contributed by atoms with E-state index in [1.165, 1.54) is 6.92 Å². The molecular weight excluding hydrogens is 316 g/mol. The molecule has 3 nitrogen and oxygen atoms in total. The number of carboxylic acids is 1. The maximum Gasteiger partial charge on any atom is 0.328 e. The van der Waals surface area contributed by atoms with Crippen molar-refractivity contribution in [1.29, 1.82) is 0 Å². The Morgan fingerprint density at radius 2 is 2.21 bits per heavy atom. The van der Waals surface area contributed by atoms with Crippen LogP contribution in [0.3, 0.4) is 0 Å². The number of hydrogen-bond donors (Lipinski definition) is 2. The van der Waals surface area contributed by atoms with Gasteiger partial charge in [0, 0.05) is 14.2 Å². The lowest BCUT2D eigenvalue weighted by Crippen LogP contribution is -2.42. The van der Waals surface area contributed by atoms with Crippen LogP contribution in [0.25, 0.3) is 0 Å². The Hall–Kier alpha value is -0.330. The van der Waals surface area contributed by atoms with Gasteiger partial charge in [0.2, 0.25) is 0 Å². The highest BCUT2D eigenvalue weighted by Crippen LogP contribution is 2.30. The van der Waals surface area contributed by atoms with Crippen LogP contribution in [0.2, 0.25) is 5.02 Å². The van der Waals surface area contributed by atoms with E-state index in [1.807, 2.05) is 22.6 Å². The molecule has 0 spiro atoms. The first-order chi connectivity index (χ1) is 6.37. The summed E-state index contributed by atoms with van der Waals surface area (Å²) < 4.78 is 0.752. The topological polar surface area (TPSA) is 63.3 Å². The fourth-order valence-corrected chi connectivity index (χ4v) is 2.69. The number of carboxylic acid groups (broad SMARTS) is 1. The van der Waals surface area contributed by atoms with Crippen LogP contribution in [0.5, 0.6) is 0 Å². The lowest BCUT2D eigenvalue weighted by molar-refractivity contribution is -0.143. The minimum atomic E-state index is -1.45. The van der Waals surface area contributed by atoms with Gasteiger partial charge in [0.25, 0.3) is 0 Å². The summed E-state index contributed by atoms with van der Waals surface area (Å²) in [5.74, 6) is -1.09. The number of halogens is 2. The van der Waals surface area contributed by atoms with Gasteiger partial charge in [-0.2, -0.15) is 0 Å². The van der Waals surface area contributed by atoms with Gasteiger partial charge in [-0.1, -0.05) is 17.7 Å². The molecule has 1 unspecified atom stereocenters. The van der Waals surface area contributed by atoms with Gasteiger partial charge in [0.1, 0.15) is 5.54 Å². The first kappa shape index (κ1) is 11.7. The molecule has 0 saturated carbocycles. The summed E-state index contributed by atoms with van der Waals surface area (Å²) in [6.45, 7) is 1.43. The summed E-state index contributed by atoms with van der Waals surface area (Å²) in [6.07, 6.45) is 0. The molecule has 0 aliphatic rings. The van der Waals surface area contributed by atoms with Crippen molar-refractivity contribution in [3.05, 3.63) is 32.4 Å². The smallest absolute Gasteiger partial charge is 0.328 e. The molecule has 3 N–H and O–H groups in total. The summed E-state index contributed by atoms with van der Waals surface area (Å²) in [4.78, 5) is 10.9. The lowest BCUT2D eigenvalue weighted by Gasteiger charge is -2.22. The van der Waals surface area contributed by atoms with Gasteiger partial charge < -0.3 is 10.8 Å². The van der Waals surface area contributed by atoms with Crippen LogP contribution in [0.4, 0.5) is 0 Å². The van der Waals surface area contributed by atoms with E-state index in [1.54, 1.807) is 18.2 Å². The largest absolute Gasteiger partial charge is 0.480 e. The predicted molar refractivity (Wildman–Crippen MR) is 63.3 cm³/mol. The van der Waals surface area contributed by atoms with Crippen LogP contribution in [-0.4, -0.2) is 11.1 Å². The first-order valence-electron chi connectivity index (χ1n) is 3.84. The summed E-state index contributed by atoms with van der Waals surface area (Å²) in [5, 5.41) is 9.34. The van der Waals surface area contributed by atoms with E-state index in [-0.39, 0.29) is 0 Å². The second kappa shape index (κ2) is 4.04. The Kier molecular flexibility index (Phi) is 3.39. The average molecular weight is 326 g/mol. The van der Waals surface area contributed by atoms with Crippen molar-refractivity contribution < 1.29 is 9.90 Å². The SMILES string of the molecule is CC(N)(C(=O)O)c1c(Cl)cccc1I. The molecule has 1 rings (SSSR count). The van der Waals surface area contributed by atoms with Crippen molar-refractivity contribution >= 4 is 40.2 Å². The first-order valence-corrected chi connectivity index (χ1v) is 5.30. The molecule has 14 heavy (non-hydrogen) atoms. The minimum absolute atomic E-state index is 0.379. The number of carbonyl (C=O) groups is 1. The highest BCUT2D eigenvalue weighted by atomic mass is 127. The maximum absolute atomic E-state index is 10.9. The van der Waals surface area contributed by atoms with E-state index >= 15 is 0 Å². The lowest BCUT2D eigenvalue weighted by atomic mass is 9.93. The average Bonchev–Trinajstić information content (AvgIpc) is 2.02. The third kappa shape index (κ3) is 2.02. The van der Waals surface area contributed by atoms with Crippen molar-refractivity contribution in [3.63, 3.8) is 0 Å². The molecule has 76 valence electrons. The van der Waals surface area contributed by atoms with E-state index in [0.29, 0.717) is 10.6 Å². The minimum Gasteiger partial charge on any atom is -0.480 e. The standard InChI is InChI=1S/C9H9ClINO2/c1-9(12,8(13)14)7-5(10)3-2-4-6(7)11/h2-4H,12H2,1H3,(H,13,14). The normalized spacial score (nSPS) is 14.9. The van der Waals surface area contributed by atoms with Crippen molar-refractivity contribution in [3.8, 4) is 0 Å². The molecule has 0 aliphatic carbocycles. The quantitative estimate of drug-likeness (QED) is 0.820. The predicted octanol–water partition coefficient (Wildman–Crippen LogP) is 2.20. The molecule has 0 aromatic heterocycles. The fraction of sp³-hybridized carbons (Fsp3) is 0.222. The Bertz CT molecular complexity index is 359. The highest BCUT2D eigenvalue weighted by molar-refractivity contribution is 14.1. The summed E-state index contributed by atoms with van der Waals surface area (Å²) in [6, 6.07) is 5.16. The van der Waals surface area contributed by atoms with Crippen molar-refractivity contribution in [2.45, 2.75) is 12.5 Å². The van der Waals surface area contributed by atoms with E-state index in [2.05, 4.69) is 0 Å². The van der Waals surface area contributed by atoms with Crippen LogP contribution in [-0.2, 0) is 10.3 Å². The number of benzene rings is 1. The number of aliphatic carboxylic acids is 1. The molecule has 0 amide bonds. The summed E-state index contributed by atoms with van der Waals surface area (Å²) >= 11 is 7.93. The molecule has 0 bridgehead atoms. The van der Waals surface area contributed by atoms with E-state index in [4.69, 9.17) is 22.4 Å². The van der Waals surface area contributed by atoms with Crippen molar-refractivity contribution in [1.82, 2.24) is 0 Å². The van der Waals surface area contributed by atoms with Crippen LogP contribution in [0.15, 0.2) is 18.2 Å². The molecule has 5 heteroatoms. The third-order valence-electron chi connectivity index (χ3n) is 1.93. The van der Waals surface area contributed by atoms with E-state index in [9.17, 15) is 4.79 Å². The summed E-state index contributed by atoms with van der Waals surface area (Å²) in [7, 11) is 0. The molecule has 1 atom stereocenters. The Morgan fingerprint density at radius 1 is 1.64 bits per heavy atom. The second-order valence-corrected chi connectivity index (χ2v) is 4.67. The molecule has 0 aliphatic heterocycles. The zero-order chi connectivity index (χ0) is 10.9. The van der Waals surface area contributed by atoms with Gasteiger partial charge in [0.15, 0.2) is 0 Å². The number of nitrogens with two attached hydrogens (primary N) is 1. The molecular formula is C9H9ClINO2. The fourth-order valence-electron chi connectivity index (χ4n) is 1.10. The van der Waals surface area contributed by atoms with Gasteiger partial charge in [-0.25, -0.2) is 4.79 Å². The van der Waals surface area contributed by atoms with Crippen LogP contribution in [0.1, 0.15) is 12.5 Å². The van der Waals surface area contributed by atoms with E-state index in [0.717, 1.165) is 3.57 Å². The summed E-state index contributed by atoms with van der Waals surface area (Å²) in [5.41, 5.74) is 4.70. The number of hydrogen-bond acceptors (Lipinski definition) is 2. The molecule has 0 saturated heterocycles. The Labute approximate surface area is 100 Å². The Balaban J connectivity index is 3.38. The molecule has 0 heterocycles. The van der Waals surface area contributed by atoms with Crippen molar-refractivity contribution in [2.24, 2.45) is 5.73 Å². The van der Waals surface area contributed by atoms with Crippen molar-refractivity contribution in [2.75, 3.05) is 0 Å². The Morgan fingerprint density at radius 3 is 2.64 bits per heavy atom. The van der Waals surface area contributed by atoms with Crippen LogP contribution < -0.4 is 5.73 Å². The number of rotatable bonds is 2. The molecule has 1 aromatic carbocycles. The van der Waals surface area contributed by atoms with Gasteiger partial charge in [-0.05, 0) is 41.6 Å². The maximum atomic E-state index is 10.9. The zero-order valence-corrected chi connectivity index (χ0v) is 10.3. The monoisotopic (exact) mass is 325 g/mol. The molecule has 0 fully saturated rings. The van der Waals surface area contributed by atoms with Gasteiger partial charge >= 0.3 is 5.97 Å². The van der Waals surface area contributed by atoms with Gasteiger partial charge in [-0.15, -0.1) is 0 Å². The zero-order valence-electron chi connectivity index (χ0n) is 7.42. The highest BCUT2D eigenvalue weighted by Gasteiger charge is 2.34. The van der Waals surface area contributed by atoms with E-state index < -0.39 is 11.5 Å². The van der Waals surface area contributed by atoms with Gasteiger partial charge in [0.05, 0.1) is 0 Å². The van der Waals surface area contributed by atoms with Crippen LogP contribution in [0, 0.1) is 3.57 Å². The molecule has 0 radical (unpaired) electrons. The third-order valence-corrected chi connectivity index (χ3v) is 3.14. The molecule has 1 aromatic rings. The second-order valence-electron chi connectivity index (χ2n) is 3.10. The van der Waals surface area contributed by atoms with Crippen LogP contribution >= 0.6 is 34.2 Å².